The van der Waals surface area contributed by atoms with E-state index in [0.29, 0.717) is 11.8 Å². The zero-order valence-corrected chi connectivity index (χ0v) is 10.9. The van der Waals surface area contributed by atoms with E-state index in [1.165, 1.54) is 23.1 Å². The maximum Gasteiger partial charge on any atom is 0.0406 e. The Bertz CT molecular complexity index is 530. The van der Waals surface area contributed by atoms with Crippen LogP contribution < -0.4 is 5.73 Å². The highest BCUT2D eigenvalue weighted by atomic mass is 35.5. The van der Waals surface area contributed by atoms with Gasteiger partial charge in [-0.3, -0.25) is 0 Å². The van der Waals surface area contributed by atoms with E-state index in [4.69, 9.17) is 17.3 Å². The summed E-state index contributed by atoms with van der Waals surface area (Å²) >= 11 is 5.89. The lowest BCUT2D eigenvalue weighted by Crippen LogP contribution is -2.01. The van der Waals surface area contributed by atoms with Crippen molar-refractivity contribution in [2.75, 3.05) is 6.54 Å². The second-order valence-electron chi connectivity index (χ2n) is 4.97. The van der Waals surface area contributed by atoms with Gasteiger partial charge < -0.3 is 5.73 Å². The van der Waals surface area contributed by atoms with Gasteiger partial charge in [0.2, 0.25) is 0 Å². The fourth-order valence-corrected chi connectivity index (χ4v) is 2.61. The van der Waals surface area contributed by atoms with Crippen LogP contribution in [0, 0.1) is 5.92 Å². The first-order valence-corrected chi connectivity index (χ1v) is 6.71. The molecule has 1 saturated carbocycles. The Kier molecular flexibility index (Phi) is 3.11. The Morgan fingerprint density at radius 2 is 1.50 bits per heavy atom. The molecule has 0 saturated heterocycles. The largest absolute Gasteiger partial charge is 0.330 e. The van der Waals surface area contributed by atoms with Crippen molar-refractivity contribution in [3.63, 3.8) is 0 Å². The van der Waals surface area contributed by atoms with Crippen LogP contribution in [0.15, 0.2) is 48.5 Å². The molecule has 0 amide bonds. The zero-order chi connectivity index (χ0) is 12.5. The third-order valence-corrected chi connectivity index (χ3v) is 3.99. The first-order chi connectivity index (χ1) is 8.78. The van der Waals surface area contributed by atoms with Crippen LogP contribution in [0.1, 0.15) is 17.9 Å². The molecule has 1 aliphatic rings. The van der Waals surface area contributed by atoms with Crippen molar-refractivity contribution in [3.05, 3.63) is 59.1 Å². The van der Waals surface area contributed by atoms with E-state index in [1.54, 1.807) is 0 Å². The highest BCUT2D eigenvalue weighted by Crippen LogP contribution is 2.46. The van der Waals surface area contributed by atoms with E-state index in [1.807, 2.05) is 12.1 Å². The summed E-state index contributed by atoms with van der Waals surface area (Å²) in [6.45, 7) is 0.809. The SMILES string of the molecule is NC[C@@H]1C[C@H]1c1ccc(-c2ccc(Cl)cc2)cc1. The summed E-state index contributed by atoms with van der Waals surface area (Å²) in [4.78, 5) is 0. The molecule has 1 fully saturated rings. The third kappa shape index (κ3) is 2.29. The summed E-state index contributed by atoms with van der Waals surface area (Å²) in [6, 6.07) is 16.8. The quantitative estimate of drug-likeness (QED) is 0.881. The summed E-state index contributed by atoms with van der Waals surface area (Å²) in [5.74, 6) is 1.39. The summed E-state index contributed by atoms with van der Waals surface area (Å²) < 4.78 is 0. The van der Waals surface area contributed by atoms with Gasteiger partial charge in [0.25, 0.3) is 0 Å². The molecule has 0 aromatic heterocycles. The molecule has 2 aromatic carbocycles. The van der Waals surface area contributed by atoms with Crippen LogP contribution in [-0.2, 0) is 0 Å². The van der Waals surface area contributed by atoms with Crippen LogP contribution in [0.2, 0.25) is 5.02 Å². The van der Waals surface area contributed by atoms with E-state index in [9.17, 15) is 0 Å². The van der Waals surface area contributed by atoms with Gasteiger partial charge in [-0.15, -0.1) is 0 Å². The number of nitrogens with two attached hydrogens (primary N) is 1. The molecule has 18 heavy (non-hydrogen) atoms. The average molecular weight is 258 g/mol. The molecule has 0 aliphatic heterocycles. The molecule has 2 aromatic rings. The smallest absolute Gasteiger partial charge is 0.0406 e. The Balaban J connectivity index is 1.81. The molecule has 1 nitrogen and oxygen atoms in total. The molecule has 1 aliphatic carbocycles. The summed E-state index contributed by atoms with van der Waals surface area (Å²) in [5, 5.41) is 0.777. The predicted molar refractivity (Wildman–Crippen MR) is 76.8 cm³/mol. The van der Waals surface area contributed by atoms with E-state index in [0.717, 1.165) is 11.6 Å². The zero-order valence-electron chi connectivity index (χ0n) is 10.1. The van der Waals surface area contributed by atoms with Gasteiger partial charge in [-0.1, -0.05) is 48.0 Å². The number of hydrogen-bond acceptors (Lipinski definition) is 1. The molecule has 2 N–H and O–H groups in total. The van der Waals surface area contributed by atoms with Crippen molar-refractivity contribution < 1.29 is 0 Å². The molecule has 2 atom stereocenters. The second kappa shape index (κ2) is 4.75. The molecule has 0 bridgehead atoms. The van der Waals surface area contributed by atoms with Gasteiger partial charge in [0, 0.05) is 5.02 Å². The molecular formula is C16H16ClN. The molecule has 92 valence electrons. The Morgan fingerprint density at radius 3 is 2.00 bits per heavy atom. The molecule has 0 spiro atoms. The van der Waals surface area contributed by atoms with Crippen LogP contribution in [0.4, 0.5) is 0 Å². The predicted octanol–water partition coefficient (Wildman–Crippen LogP) is 4.07. The third-order valence-electron chi connectivity index (χ3n) is 3.74. The average Bonchev–Trinajstić information content (AvgIpc) is 3.19. The molecule has 0 unspecified atom stereocenters. The summed E-state index contributed by atoms with van der Waals surface area (Å²) in [7, 11) is 0. The minimum absolute atomic E-state index is 0.689. The van der Waals surface area contributed by atoms with Gasteiger partial charge in [-0.05, 0) is 53.6 Å². The topological polar surface area (TPSA) is 26.0 Å². The van der Waals surface area contributed by atoms with E-state index in [-0.39, 0.29) is 0 Å². The number of halogens is 1. The summed E-state index contributed by atoms with van der Waals surface area (Å²) in [6.07, 6.45) is 1.25. The lowest BCUT2D eigenvalue weighted by atomic mass is 10.0. The first kappa shape index (κ1) is 11.8. The van der Waals surface area contributed by atoms with Crippen LogP contribution in [0.3, 0.4) is 0 Å². The Morgan fingerprint density at radius 1 is 0.944 bits per heavy atom. The Labute approximate surface area is 113 Å². The van der Waals surface area contributed by atoms with Crippen molar-refractivity contribution in [2.45, 2.75) is 12.3 Å². The second-order valence-corrected chi connectivity index (χ2v) is 5.40. The lowest BCUT2D eigenvalue weighted by Gasteiger charge is -2.04. The highest BCUT2D eigenvalue weighted by Gasteiger charge is 2.36. The van der Waals surface area contributed by atoms with Gasteiger partial charge in [0.15, 0.2) is 0 Å². The molecule has 0 heterocycles. The van der Waals surface area contributed by atoms with Crippen molar-refractivity contribution in [1.82, 2.24) is 0 Å². The van der Waals surface area contributed by atoms with Gasteiger partial charge >= 0.3 is 0 Å². The molecule has 2 heteroatoms. The van der Waals surface area contributed by atoms with Crippen molar-refractivity contribution in [1.29, 1.82) is 0 Å². The Hall–Kier alpha value is -1.31. The maximum atomic E-state index is 5.89. The standard InChI is InChI=1S/C16H16ClN/c17-15-7-5-12(6-8-15)11-1-3-13(4-2-11)16-9-14(16)10-18/h1-8,14,16H,9-10,18H2/t14-,16-/m0/s1. The number of benzene rings is 2. The maximum absolute atomic E-state index is 5.89. The van der Waals surface area contributed by atoms with Crippen LogP contribution >= 0.6 is 11.6 Å². The lowest BCUT2D eigenvalue weighted by molar-refractivity contribution is 0.810. The fourth-order valence-electron chi connectivity index (χ4n) is 2.48. The number of hydrogen-bond donors (Lipinski definition) is 1. The molecule has 0 radical (unpaired) electrons. The van der Waals surface area contributed by atoms with E-state index >= 15 is 0 Å². The van der Waals surface area contributed by atoms with Crippen LogP contribution in [0.25, 0.3) is 11.1 Å². The van der Waals surface area contributed by atoms with Crippen molar-refractivity contribution in [2.24, 2.45) is 11.7 Å². The van der Waals surface area contributed by atoms with Crippen molar-refractivity contribution in [3.8, 4) is 11.1 Å². The molecule has 3 rings (SSSR count). The minimum Gasteiger partial charge on any atom is -0.330 e. The number of rotatable bonds is 3. The minimum atomic E-state index is 0.689. The molecular weight excluding hydrogens is 242 g/mol. The monoisotopic (exact) mass is 257 g/mol. The van der Waals surface area contributed by atoms with E-state index in [2.05, 4.69) is 36.4 Å². The fraction of sp³-hybridized carbons (Fsp3) is 0.250. The van der Waals surface area contributed by atoms with Gasteiger partial charge in [-0.25, -0.2) is 0 Å². The van der Waals surface area contributed by atoms with Crippen molar-refractivity contribution >= 4 is 11.6 Å². The normalized spacial score (nSPS) is 21.9. The van der Waals surface area contributed by atoms with Gasteiger partial charge in [0.05, 0.1) is 0 Å². The summed E-state index contributed by atoms with van der Waals surface area (Å²) in [5.41, 5.74) is 9.55. The van der Waals surface area contributed by atoms with Gasteiger partial charge in [-0.2, -0.15) is 0 Å². The van der Waals surface area contributed by atoms with Crippen LogP contribution in [-0.4, -0.2) is 6.54 Å². The van der Waals surface area contributed by atoms with Gasteiger partial charge in [0.1, 0.15) is 0 Å². The van der Waals surface area contributed by atoms with E-state index < -0.39 is 0 Å². The highest BCUT2D eigenvalue weighted by molar-refractivity contribution is 6.30. The first-order valence-electron chi connectivity index (χ1n) is 6.34. The van der Waals surface area contributed by atoms with Crippen LogP contribution in [0.5, 0.6) is 0 Å².